The molecule has 100 valence electrons. The molecule has 1 aromatic rings. The number of hydrogen-bond donors (Lipinski definition) is 1. The fourth-order valence-corrected chi connectivity index (χ4v) is 2.92. The second-order valence-electron chi connectivity index (χ2n) is 5.54. The maximum Gasteiger partial charge on any atom is 0.127 e. The summed E-state index contributed by atoms with van der Waals surface area (Å²) in [6, 6.07) is 0.632. The molecule has 1 saturated heterocycles. The van der Waals surface area contributed by atoms with Crippen LogP contribution < -0.4 is 5.73 Å². The highest BCUT2D eigenvalue weighted by atomic mass is 16.5. The summed E-state index contributed by atoms with van der Waals surface area (Å²) in [4.78, 5) is 4.87. The third-order valence-electron chi connectivity index (χ3n) is 4.04. The highest BCUT2D eigenvalue weighted by Crippen LogP contribution is 2.41. The smallest absolute Gasteiger partial charge is 0.127 e. The number of imidazole rings is 1. The predicted molar refractivity (Wildman–Crippen MR) is 71.7 cm³/mol. The zero-order chi connectivity index (χ0) is 12.5. The molecule has 2 N–H and O–H groups in total. The van der Waals surface area contributed by atoms with E-state index >= 15 is 0 Å². The fourth-order valence-electron chi connectivity index (χ4n) is 2.92. The van der Waals surface area contributed by atoms with Crippen molar-refractivity contribution >= 4 is 5.82 Å². The lowest BCUT2D eigenvalue weighted by molar-refractivity contribution is 0.0847. The Hall–Kier alpha value is -1.03. The summed E-state index contributed by atoms with van der Waals surface area (Å²) in [5.74, 6) is 2.65. The first-order valence-electron chi connectivity index (χ1n) is 7.25. The number of anilines is 1. The van der Waals surface area contributed by atoms with Gasteiger partial charge in [0.1, 0.15) is 11.6 Å². The van der Waals surface area contributed by atoms with Gasteiger partial charge in [-0.25, -0.2) is 4.98 Å². The number of aryl methyl sites for hydroxylation is 1. The van der Waals surface area contributed by atoms with Crippen LogP contribution in [0.25, 0.3) is 0 Å². The number of rotatable bonds is 4. The first kappa shape index (κ1) is 12.0. The first-order chi connectivity index (χ1) is 8.81. The number of aromatic nitrogens is 2. The van der Waals surface area contributed by atoms with Crippen molar-refractivity contribution in [2.75, 3.05) is 18.9 Å². The van der Waals surface area contributed by atoms with E-state index < -0.39 is 0 Å². The number of nitrogens with two attached hydrogens (primary N) is 1. The normalized spacial score (nSPS) is 21.4. The Labute approximate surface area is 109 Å². The van der Waals surface area contributed by atoms with Crippen molar-refractivity contribution in [1.82, 2.24) is 9.55 Å². The molecule has 0 radical (unpaired) electrons. The molecule has 1 saturated carbocycles. The average molecular weight is 249 g/mol. The summed E-state index contributed by atoms with van der Waals surface area (Å²) < 4.78 is 7.74. The van der Waals surface area contributed by atoms with E-state index in [4.69, 9.17) is 15.5 Å². The van der Waals surface area contributed by atoms with Gasteiger partial charge in [-0.1, -0.05) is 6.92 Å². The van der Waals surface area contributed by atoms with Crippen LogP contribution in [0.2, 0.25) is 0 Å². The standard InChI is InChI=1S/C14H23N3O/c1-2-3-12-16-13(10-6-8-18-9-7-10)14(15)17(12)11-4-5-11/h10-11H,2-9,15H2,1H3. The SMILES string of the molecule is CCCc1nc(C2CCOCC2)c(N)n1C1CC1. The van der Waals surface area contributed by atoms with Gasteiger partial charge < -0.3 is 15.0 Å². The molecule has 1 aromatic heterocycles. The molecule has 1 aliphatic carbocycles. The van der Waals surface area contributed by atoms with E-state index in [-0.39, 0.29) is 0 Å². The van der Waals surface area contributed by atoms with Crippen LogP contribution in [0.5, 0.6) is 0 Å². The lowest BCUT2D eigenvalue weighted by atomic mass is 9.96. The molecule has 1 aliphatic heterocycles. The Morgan fingerprint density at radius 1 is 1.28 bits per heavy atom. The molecular weight excluding hydrogens is 226 g/mol. The van der Waals surface area contributed by atoms with Crippen LogP contribution in [0.4, 0.5) is 5.82 Å². The van der Waals surface area contributed by atoms with Gasteiger partial charge >= 0.3 is 0 Å². The van der Waals surface area contributed by atoms with E-state index in [1.807, 2.05) is 0 Å². The average Bonchev–Trinajstić information content (AvgIpc) is 3.17. The van der Waals surface area contributed by atoms with Gasteiger partial charge in [-0.15, -0.1) is 0 Å². The second kappa shape index (κ2) is 4.92. The molecule has 0 aromatic carbocycles. The molecule has 2 heterocycles. The van der Waals surface area contributed by atoms with Crippen molar-refractivity contribution in [1.29, 1.82) is 0 Å². The van der Waals surface area contributed by atoms with Crippen LogP contribution in [0.3, 0.4) is 0 Å². The van der Waals surface area contributed by atoms with E-state index in [9.17, 15) is 0 Å². The third-order valence-corrected chi connectivity index (χ3v) is 4.04. The van der Waals surface area contributed by atoms with E-state index in [1.54, 1.807) is 0 Å². The van der Waals surface area contributed by atoms with Crippen LogP contribution in [-0.4, -0.2) is 22.8 Å². The molecule has 0 amide bonds. The zero-order valence-electron chi connectivity index (χ0n) is 11.2. The Kier molecular flexibility index (Phi) is 3.29. The van der Waals surface area contributed by atoms with E-state index in [1.165, 1.54) is 18.7 Å². The molecule has 0 bridgehead atoms. The van der Waals surface area contributed by atoms with Gasteiger partial charge in [0.2, 0.25) is 0 Å². The number of ether oxygens (including phenoxy) is 1. The lowest BCUT2D eigenvalue weighted by Crippen LogP contribution is -2.15. The van der Waals surface area contributed by atoms with E-state index in [0.717, 1.165) is 50.4 Å². The second-order valence-corrected chi connectivity index (χ2v) is 5.54. The summed E-state index contributed by atoms with van der Waals surface area (Å²) in [6.45, 7) is 3.91. The number of hydrogen-bond acceptors (Lipinski definition) is 3. The van der Waals surface area contributed by atoms with Crippen molar-refractivity contribution in [2.45, 2.75) is 57.4 Å². The van der Waals surface area contributed by atoms with Gasteiger partial charge in [0.15, 0.2) is 0 Å². The highest BCUT2D eigenvalue weighted by molar-refractivity contribution is 5.42. The minimum atomic E-state index is 0.509. The predicted octanol–water partition coefficient (Wildman–Crippen LogP) is 2.65. The Bertz CT molecular complexity index is 417. The topological polar surface area (TPSA) is 53.1 Å². The Morgan fingerprint density at radius 3 is 2.61 bits per heavy atom. The largest absolute Gasteiger partial charge is 0.384 e. The molecule has 2 aliphatic rings. The Balaban J connectivity index is 1.91. The molecular formula is C14H23N3O. The van der Waals surface area contributed by atoms with Crippen molar-refractivity contribution in [3.8, 4) is 0 Å². The molecule has 18 heavy (non-hydrogen) atoms. The molecule has 0 spiro atoms. The van der Waals surface area contributed by atoms with Crippen molar-refractivity contribution in [3.05, 3.63) is 11.5 Å². The third kappa shape index (κ3) is 2.14. The van der Waals surface area contributed by atoms with Gasteiger partial charge in [-0.2, -0.15) is 0 Å². The van der Waals surface area contributed by atoms with Gasteiger partial charge in [0.05, 0.1) is 5.69 Å². The van der Waals surface area contributed by atoms with Gasteiger partial charge in [0, 0.05) is 31.6 Å². The number of nitrogens with zero attached hydrogens (tertiary/aromatic N) is 2. The van der Waals surface area contributed by atoms with Crippen molar-refractivity contribution in [3.63, 3.8) is 0 Å². The minimum Gasteiger partial charge on any atom is -0.384 e. The van der Waals surface area contributed by atoms with Crippen LogP contribution in [0, 0.1) is 0 Å². The summed E-state index contributed by atoms with van der Waals surface area (Å²) in [7, 11) is 0. The first-order valence-corrected chi connectivity index (χ1v) is 7.25. The summed E-state index contributed by atoms with van der Waals surface area (Å²) in [5.41, 5.74) is 7.51. The van der Waals surface area contributed by atoms with Gasteiger partial charge in [-0.05, 0) is 32.1 Å². The molecule has 2 fully saturated rings. The maximum absolute atomic E-state index is 6.37. The molecule has 0 unspecified atom stereocenters. The van der Waals surface area contributed by atoms with Crippen LogP contribution in [0.1, 0.15) is 62.5 Å². The quantitative estimate of drug-likeness (QED) is 0.892. The van der Waals surface area contributed by atoms with Crippen LogP contribution in [-0.2, 0) is 11.2 Å². The maximum atomic E-state index is 6.37. The summed E-state index contributed by atoms with van der Waals surface area (Å²) in [6.07, 6.45) is 6.85. The highest BCUT2D eigenvalue weighted by Gasteiger charge is 2.31. The monoisotopic (exact) mass is 249 g/mol. The van der Waals surface area contributed by atoms with Crippen LogP contribution >= 0.6 is 0 Å². The van der Waals surface area contributed by atoms with E-state index in [2.05, 4.69) is 11.5 Å². The summed E-state index contributed by atoms with van der Waals surface area (Å²) >= 11 is 0. The minimum absolute atomic E-state index is 0.509. The molecule has 4 nitrogen and oxygen atoms in total. The van der Waals surface area contributed by atoms with Gasteiger partial charge in [-0.3, -0.25) is 0 Å². The fraction of sp³-hybridized carbons (Fsp3) is 0.786. The van der Waals surface area contributed by atoms with Crippen molar-refractivity contribution < 1.29 is 4.74 Å². The molecule has 3 rings (SSSR count). The summed E-state index contributed by atoms with van der Waals surface area (Å²) in [5, 5.41) is 0. The Morgan fingerprint density at radius 2 is 2.00 bits per heavy atom. The van der Waals surface area contributed by atoms with Gasteiger partial charge in [0.25, 0.3) is 0 Å². The van der Waals surface area contributed by atoms with E-state index in [0.29, 0.717) is 12.0 Å². The van der Waals surface area contributed by atoms with Crippen molar-refractivity contribution in [2.24, 2.45) is 0 Å². The van der Waals surface area contributed by atoms with Crippen LogP contribution in [0.15, 0.2) is 0 Å². The zero-order valence-corrected chi connectivity index (χ0v) is 11.2. The molecule has 4 heteroatoms. The lowest BCUT2D eigenvalue weighted by Gasteiger charge is -2.20. The molecule has 0 atom stereocenters. The number of nitrogen functional groups attached to an aromatic ring is 1.